The van der Waals surface area contributed by atoms with E-state index in [1.807, 2.05) is 32.0 Å². The van der Waals surface area contributed by atoms with Gasteiger partial charge in [0.15, 0.2) is 0 Å². The molecule has 0 atom stereocenters. The number of pyridine rings is 1. The summed E-state index contributed by atoms with van der Waals surface area (Å²) in [6, 6.07) is 5.78. The molecule has 0 unspecified atom stereocenters. The number of carbonyl (C=O) groups is 1. The van der Waals surface area contributed by atoms with E-state index in [2.05, 4.69) is 31.5 Å². The molecule has 17 heavy (non-hydrogen) atoms. The number of carbonyl (C=O) groups excluding carboxylic acids is 1. The summed E-state index contributed by atoms with van der Waals surface area (Å²) < 4.78 is 0.822. The van der Waals surface area contributed by atoms with Crippen LogP contribution in [0.2, 0.25) is 0 Å². The molecule has 0 fully saturated rings. The van der Waals surface area contributed by atoms with Gasteiger partial charge in [0.05, 0.1) is 11.1 Å². The SMILES string of the molecule is CNC(=O)C(C)(C)CNCc1cccc(Br)n1. The number of amides is 1. The Bertz CT molecular complexity index is 393. The van der Waals surface area contributed by atoms with Crippen molar-refractivity contribution in [3.63, 3.8) is 0 Å². The van der Waals surface area contributed by atoms with Gasteiger partial charge < -0.3 is 10.6 Å². The fourth-order valence-electron chi connectivity index (χ4n) is 1.47. The highest BCUT2D eigenvalue weighted by molar-refractivity contribution is 9.10. The summed E-state index contributed by atoms with van der Waals surface area (Å²) >= 11 is 3.32. The lowest BCUT2D eigenvalue weighted by Crippen LogP contribution is -2.41. The molecule has 0 bridgehead atoms. The van der Waals surface area contributed by atoms with Crippen LogP contribution in [-0.2, 0) is 11.3 Å². The molecular formula is C12H18BrN3O. The van der Waals surface area contributed by atoms with Crippen LogP contribution in [0.15, 0.2) is 22.8 Å². The first-order valence-electron chi connectivity index (χ1n) is 5.50. The van der Waals surface area contributed by atoms with Crippen molar-refractivity contribution in [1.29, 1.82) is 0 Å². The van der Waals surface area contributed by atoms with Crippen molar-refractivity contribution < 1.29 is 4.79 Å². The molecule has 0 aromatic carbocycles. The quantitative estimate of drug-likeness (QED) is 0.814. The molecule has 1 amide bonds. The van der Waals surface area contributed by atoms with Crippen LogP contribution in [0.4, 0.5) is 0 Å². The minimum absolute atomic E-state index is 0.0344. The van der Waals surface area contributed by atoms with Gasteiger partial charge in [-0.1, -0.05) is 6.07 Å². The van der Waals surface area contributed by atoms with Crippen LogP contribution in [0, 0.1) is 5.41 Å². The second-order valence-electron chi connectivity index (χ2n) is 4.52. The largest absolute Gasteiger partial charge is 0.359 e. The van der Waals surface area contributed by atoms with Crippen LogP contribution in [0.3, 0.4) is 0 Å². The van der Waals surface area contributed by atoms with Crippen molar-refractivity contribution in [3.8, 4) is 0 Å². The van der Waals surface area contributed by atoms with Gasteiger partial charge >= 0.3 is 0 Å². The molecule has 1 rings (SSSR count). The van der Waals surface area contributed by atoms with E-state index in [0.29, 0.717) is 13.1 Å². The molecule has 0 saturated heterocycles. The number of nitrogens with zero attached hydrogens (tertiary/aromatic N) is 1. The fourth-order valence-corrected chi connectivity index (χ4v) is 1.85. The highest BCUT2D eigenvalue weighted by Gasteiger charge is 2.25. The zero-order valence-corrected chi connectivity index (χ0v) is 12.0. The van der Waals surface area contributed by atoms with Gasteiger partial charge in [-0.3, -0.25) is 4.79 Å². The summed E-state index contributed by atoms with van der Waals surface area (Å²) in [4.78, 5) is 15.9. The van der Waals surface area contributed by atoms with Crippen molar-refractivity contribution in [1.82, 2.24) is 15.6 Å². The molecule has 0 spiro atoms. The molecule has 1 aromatic rings. The van der Waals surface area contributed by atoms with Gasteiger partial charge in [-0.2, -0.15) is 0 Å². The lowest BCUT2D eigenvalue weighted by molar-refractivity contribution is -0.128. The monoisotopic (exact) mass is 299 g/mol. The van der Waals surface area contributed by atoms with Crippen LogP contribution in [0.25, 0.3) is 0 Å². The Morgan fingerprint density at radius 2 is 2.18 bits per heavy atom. The Kier molecular flexibility index (Phi) is 5.08. The van der Waals surface area contributed by atoms with Crippen molar-refractivity contribution in [3.05, 3.63) is 28.5 Å². The topological polar surface area (TPSA) is 54.0 Å². The van der Waals surface area contributed by atoms with Gasteiger partial charge in [0.1, 0.15) is 4.60 Å². The number of halogens is 1. The maximum Gasteiger partial charge on any atom is 0.226 e. The third-order valence-corrected chi connectivity index (χ3v) is 2.93. The van der Waals surface area contributed by atoms with Crippen LogP contribution in [-0.4, -0.2) is 24.5 Å². The van der Waals surface area contributed by atoms with E-state index < -0.39 is 5.41 Å². The predicted octanol–water partition coefficient (Wildman–Crippen LogP) is 1.71. The number of aromatic nitrogens is 1. The number of hydrogen-bond donors (Lipinski definition) is 2. The van der Waals surface area contributed by atoms with Gasteiger partial charge in [0.2, 0.25) is 5.91 Å². The van der Waals surface area contributed by atoms with E-state index in [9.17, 15) is 4.79 Å². The Balaban J connectivity index is 2.45. The zero-order valence-electron chi connectivity index (χ0n) is 10.4. The summed E-state index contributed by atoms with van der Waals surface area (Å²) in [6.45, 7) is 5.08. The van der Waals surface area contributed by atoms with Gasteiger partial charge in [-0.05, 0) is 41.9 Å². The highest BCUT2D eigenvalue weighted by Crippen LogP contribution is 2.13. The second-order valence-corrected chi connectivity index (χ2v) is 5.33. The van der Waals surface area contributed by atoms with Gasteiger partial charge in [0.25, 0.3) is 0 Å². The third kappa shape index (κ3) is 4.44. The second kappa shape index (κ2) is 6.12. The van der Waals surface area contributed by atoms with E-state index >= 15 is 0 Å². The predicted molar refractivity (Wildman–Crippen MR) is 71.5 cm³/mol. The molecule has 4 nitrogen and oxygen atoms in total. The summed E-state index contributed by atoms with van der Waals surface area (Å²) in [5.74, 6) is 0.0344. The first-order valence-corrected chi connectivity index (χ1v) is 6.29. The first-order chi connectivity index (χ1) is 7.95. The van der Waals surface area contributed by atoms with E-state index in [0.717, 1.165) is 10.3 Å². The summed E-state index contributed by atoms with van der Waals surface area (Å²) in [7, 11) is 1.65. The fraction of sp³-hybridized carbons (Fsp3) is 0.500. The molecule has 0 aliphatic rings. The van der Waals surface area contributed by atoms with Crippen LogP contribution in [0.5, 0.6) is 0 Å². The van der Waals surface area contributed by atoms with Crippen molar-refractivity contribution >= 4 is 21.8 Å². The van der Waals surface area contributed by atoms with E-state index in [1.54, 1.807) is 7.05 Å². The molecule has 0 aliphatic heterocycles. The number of hydrogen-bond acceptors (Lipinski definition) is 3. The van der Waals surface area contributed by atoms with E-state index in [4.69, 9.17) is 0 Å². The average Bonchev–Trinajstić information content (AvgIpc) is 2.27. The Morgan fingerprint density at radius 1 is 1.47 bits per heavy atom. The molecule has 0 saturated carbocycles. The molecule has 94 valence electrons. The summed E-state index contributed by atoms with van der Waals surface area (Å²) in [6.07, 6.45) is 0. The van der Waals surface area contributed by atoms with E-state index in [1.165, 1.54) is 0 Å². The Morgan fingerprint density at radius 3 is 2.76 bits per heavy atom. The van der Waals surface area contributed by atoms with Crippen molar-refractivity contribution in [2.75, 3.05) is 13.6 Å². The first kappa shape index (κ1) is 14.1. The average molecular weight is 300 g/mol. The standard InChI is InChI=1S/C12H18BrN3O/c1-12(2,11(17)14-3)8-15-7-9-5-4-6-10(13)16-9/h4-6,15H,7-8H2,1-3H3,(H,14,17). The summed E-state index contributed by atoms with van der Waals surface area (Å²) in [5.41, 5.74) is 0.535. The molecule has 2 N–H and O–H groups in total. The van der Waals surface area contributed by atoms with Crippen LogP contribution < -0.4 is 10.6 Å². The molecule has 0 aliphatic carbocycles. The van der Waals surface area contributed by atoms with Gasteiger partial charge in [0, 0.05) is 20.1 Å². The highest BCUT2D eigenvalue weighted by atomic mass is 79.9. The van der Waals surface area contributed by atoms with Crippen molar-refractivity contribution in [2.45, 2.75) is 20.4 Å². The molecule has 1 heterocycles. The van der Waals surface area contributed by atoms with Crippen LogP contribution in [0.1, 0.15) is 19.5 Å². The zero-order chi connectivity index (χ0) is 12.9. The maximum atomic E-state index is 11.6. The molecule has 1 aromatic heterocycles. The number of rotatable bonds is 5. The lowest BCUT2D eigenvalue weighted by atomic mass is 9.92. The maximum absolute atomic E-state index is 11.6. The van der Waals surface area contributed by atoms with Crippen molar-refractivity contribution in [2.24, 2.45) is 5.41 Å². The van der Waals surface area contributed by atoms with E-state index in [-0.39, 0.29) is 5.91 Å². The smallest absolute Gasteiger partial charge is 0.226 e. The minimum Gasteiger partial charge on any atom is -0.359 e. The Labute approximate surface area is 110 Å². The summed E-state index contributed by atoms with van der Waals surface area (Å²) in [5, 5.41) is 5.90. The molecule has 0 radical (unpaired) electrons. The molecular weight excluding hydrogens is 282 g/mol. The minimum atomic E-state index is -0.416. The molecule has 5 heteroatoms. The Hall–Kier alpha value is -0.940. The third-order valence-electron chi connectivity index (χ3n) is 2.49. The number of nitrogens with one attached hydrogen (secondary N) is 2. The van der Waals surface area contributed by atoms with Gasteiger partial charge in [-0.25, -0.2) is 4.98 Å². The van der Waals surface area contributed by atoms with Crippen LogP contribution >= 0.6 is 15.9 Å². The van der Waals surface area contributed by atoms with Gasteiger partial charge in [-0.15, -0.1) is 0 Å². The lowest BCUT2D eigenvalue weighted by Gasteiger charge is -2.22. The normalized spacial score (nSPS) is 11.3.